The van der Waals surface area contributed by atoms with Crippen molar-refractivity contribution in [2.45, 2.75) is 6.18 Å². The molecule has 23 heavy (non-hydrogen) atoms. The first-order chi connectivity index (χ1) is 10.8. The summed E-state index contributed by atoms with van der Waals surface area (Å²) in [6, 6.07) is 5.38. The molecule has 118 valence electrons. The number of alkyl halides is 3. The zero-order valence-electron chi connectivity index (χ0n) is 11.1. The quantitative estimate of drug-likeness (QED) is 0.636. The summed E-state index contributed by atoms with van der Waals surface area (Å²) in [7, 11) is 0. The molecule has 0 bridgehead atoms. The topological polar surface area (TPSA) is 51.8 Å². The van der Waals surface area contributed by atoms with Crippen LogP contribution in [0.1, 0.15) is 5.56 Å². The molecule has 0 atom stereocenters. The lowest BCUT2D eigenvalue weighted by atomic mass is 10.1. The van der Waals surface area contributed by atoms with E-state index in [1.165, 1.54) is 18.2 Å². The maximum Gasteiger partial charge on any atom is 0.417 e. The van der Waals surface area contributed by atoms with Crippen molar-refractivity contribution >= 4 is 23.2 Å². The van der Waals surface area contributed by atoms with Crippen molar-refractivity contribution in [2.24, 2.45) is 0 Å². The average molecular weight is 360 g/mol. The Labute approximate surface area is 137 Å². The molecule has 0 fully saturated rings. The summed E-state index contributed by atoms with van der Waals surface area (Å²) in [5.74, 6) is -0.224. The lowest BCUT2D eigenvalue weighted by molar-refractivity contribution is -0.137. The number of hydrogen-bond acceptors (Lipinski definition) is 4. The number of halogens is 5. The minimum atomic E-state index is -4.56. The van der Waals surface area contributed by atoms with E-state index in [-0.39, 0.29) is 17.3 Å². The van der Waals surface area contributed by atoms with E-state index in [4.69, 9.17) is 27.7 Å². The highest BCUT2D eigenvalue weighted by Gasteiger charge is 2.35. The number of hydrogen-bond donors (Lipinski definition) is 0. The summed E-state index contributed by atoms with van der Waals surface area (Å²) in [4.78, 5) is 7.65. The van der Waals surface area contributed by atoms with Gasteiger partial charge < -0.3 is 4.52 Å². The van der Waals surface area contributed by atoms with Crippen molar-refractivity contribution in [2.75, 3.05) is 0 Å². The van der Waals surface area contributed by atoms with Crippen LogP contribution >= 0.6 is 23.2 Å². The van der Waals surface area contributed by atoms with Crippen molar-refractivity contribution in [1.82, 2.24) is 15.1 Å². The van der Waals surface area contributed by atoms with Gasteiger partial charge in [-0.15, -0.1) is 0 Å². The van der Waals surface area contributed by atoms with E-state index in [0.29, 0.717) is 15.6 Å². The average Bonchev–Trinajstić information content (AvgIpc) is 2.95. The summed E-state index contributed by atoms with van der Waals surface area (Å²) in [5, 5.41) is 4.26. The van der Waals surface area contributed by atoms with Gasteiger partial charge in [0.25, 0.3) is 5.89 Å². The second-order valence-electron chi connectivity index (χ2n) is 4.50. The van der Waals surface area contributed by atoms with E-state index in [1.54, 1.807) is 0 Å². The van der Waals surface area contributed by atoms with Crippen molar-refractivity contribution in [3.05, 3.63) is 52.3 Å². The second kappa shape index (κ2) is 5.82. The van der Waals surface area contributed by atoms with Gasteiger partial charge in [0, 0.05) is 28.0 Å². The van der Waals surface area contributed by atoms with Crippen LogP contribution in [0.2, 0.25) is 10.0 Å². The summed E-state index contributed by atoms with van der Waals surface area (Å²) >= 11 is 11.8. The highest BCUT2D eigenvalue weighted by atomic mass is 35.5. The Hall–Kier alpha value is -2.12. The third-order valence-corrected chi connectivity index (χ3v) is 3.34. The lowest BCUT2D eigenvalue weighted by Crippen LogP contribution is -2.07. The molecule has 0 aliphatic carbocycles. The fourth-order valence-electron chi connectivity index (χ4n) is 1.95. The molecule has 4 nitrogen and oxygen atoms in total. The van der Waals surface area contributed by atoms with Gasteiger partial charge in [0.05, 0.1) is 11.1 Å². The Balaban J connectivity index is 2.07. The Morgan fingerprint density at radius 2 is 1.74 bits per heavy atom. The molecule has 0 saturated heterocycles. The molecular formula is C14H6Cl2F3N3O. The molecule has 0 aliphatic heterocycles. The van der Waals surface area contributed by atoms with Crippen molar-refractivity contribution < 1.29 is 17.7 Å². The molecule has 0 amide bonds. The van der Waals surface area contributed by atoms with E-state index in [9.17, 15) is 13.2 Å². The predicted molar refractivity (Wildman–Crippen MR) is 78.0 cm³/mol. The van der Waals surface area contributed by atoms with E-state index < -0.39 is 11.7 Å². The van der Waals surface area contributed by atoms with Crippen LogP contribution in [0.5, 0.6) is 0 Å². The van der Waals surface area contributed by atoms with E-state index in [1.807, 2.05) is 0 Å². The van der Waals surface area contributed by atoms with Crippen LogP contribution in [-0.2, 0) is 6.18 Å². The predicted octanol–water partition coefficient (Wildman–Crippen LogP) is 5.12. The lowest BCUT2D eigenvalue weighted by Gasteiger charge is -2.08. The Bertz CT molecular complexity index is 844. The van der Waals surface area contributed by atoms with Gasteiger partial charge in [-0.05, 0) is 24.3 Å². The van der Waals surface area contributed by atoms with Crippen LogP contribution in [0.25, 0.3) is 22.8 Å². The highest BCUT2D eigenvalue weighted by molar-refractivity contribution is 6.35. The first-order valence-corrected chi connectivity index (χ1v) is 6.92. The number of aromatic nitrogens is 3. The van der Waals surface area contributed by atoms with Crippen molar-refractivity contribution in [3.63, 3.8) is 0 Å². The normalized spacial score (nSPS) is 11.7. The zero-order valence-corrected chi connectivity index (χ0v) is 12.6. The molecule has 0 aliphatic rings. The molecule has 3 aromatic rings. The van der Waals surface area contributed by atoms with Gasteiger partial charge in [-0.1, -0.05) is 28.4 Å². The van der Waals surface area contributed by atoms with Crippen LogP contribution in [0.3, 0.4) is 0 Å². The van der Waals surface area contributed by atoms with Gasteiger partial charge in [-0.25, -0.2) is 0 Å². The molecule has 1 aromatic carbocycles. The van der Waals surface area contributed by atoms with E-state index in [0.717, 1.165) is 18.5 Å². The SMILES string of the molecule is FC(F)(F)c1ccncc1-c1noc(-c2cc(Cl)cc(Cl)c2)n1. The summed E-state index contributed by atoms with van der Waals surface area (Å²) in [6.45, 7) is 0. The molecule has 2 heterocycles. The van der Waals surface area contributed by atoms with Gasteiger partial charge in [0.15, 0.2) is 0 Å². The largest absolute Gasteiger partial charge is 0.417 e. The molecule has 0 unspecified atom stereocenters. The number of rotatable bonds is 2. The van der Waals surface area contributed by atoms with Crippen molar-refractivity contribution in [1.29, 1.82) is 0 Å². The van der Waals surface area contributed by atoms with Crippen LogP contribution < -0.4 is 0 Å². The molecule has 0 N–H and O–H groups in total. The molecule has 0 saturated carbocycles. The molecular weight excluding hydrogens is 354 g/mol. The fourth-order valence-corrected chi connectivity index (χ4v) is 2.47. The number of nitrogens with zero attached hydrogens (tertiary/aromatic N) is 3. The minimum absolute atomic E-state index is 0.00128. The Kier molecular flexibility index (Phi) is 3.99. The maximum atomic E-state index is 13.0. The van der Waals surface area contributed by atoms with Gasteiger partial charge in [0.2, 0.25) is 5.82 Å². The molecule has 9 heteroatoms. The van der Waals surface area contributed by atoms with Crippen molar-refractivity contribution in [3.8, 4) is 22.8 Å². The smallest absolute Gasteiger partial charge is 0.334 e. The summed E-state index contributed by atoms with van der Waals surface area (Å²) in [6.07, 6.45) is -2.48. The summed E-state index contributed by atoms with van der Waals surface area (Å²) in [5.41, 5.74) is -0.772. The van der Waals surface area contributed by atoms with Gasteiger partial charge in [0.1, 0.15) is 0 Å². The standard InChI is InChI=1S/C14H6Cl2F3N3O/c15-8-3-7(4-9(16)5-8)13-21-12(22-23-13)10-6-20-2-1-11(10)14(17,18)19/h1-6H. The number of pyridine rings is 1. The fraction of sp³-hybridized carbons (Fsp3) is 0.0714. The van der Waals surface area contributed by atoms with E-state index in [2.05, 4.69) is 15.1 Å². The van der Waals surface area contributed by atoms with Crippen LogP contribution in [0, 0.1) is 0 Å². The zero-order chi connectivity index (χ0) is 16.6. The highest BCUT2D eigenvalue weighted by Crippen LogP contribution is 2.36. The third-order valence-electron chi connectivity index (χ3n) is 2.90. The van der Waals surface area contributed by atoms with E-state index >= 15 is 0 Å². The van der Waals surface area contributed by atoms with Crippen LogP contribution in [0.4, 0.5) is 13.2 Å². The Morgan fingerprint density at radius 1 is 1.04 bits per heavy atom. The Morgan fingerprint density at radius 3 is 2.39 bits per heavy atom. The van der Waals surface area contributed by atoms with Crippen LogP contribution in [-0.4, -0.2) is 15.1 Å². The van der Waals surface area contributed by atoms with Gasteiger partial charge in [-0.3, -0.25) is 4.98 Å². The molecule has 2 aromatic heterocycles. The maximum absolute atomic E-state index is 13.0. The monoisotopic (exact) mass is 359 g/mol. The first-order valence-electron chi connectivity index (χ1n) is 6.16. The third kappa shape index (κ3) is 3.30. The van der Waals surface area contributed by atoms with Gasteiger partial charge >= 0.3 is 6.18 Å². The van der Waals surface area contributed by atoms with Gasteiger partial charge in [-0.2, -0.15) is 18.2 Å². The van der Waals surface area contributed by atoms with Crippen LogP contribution in [0.15, 0.2) is 41.2 Å². The second-order valence-corrected chi connectivity index (χ2v) is 5.37. The number of benzene rings is 1. The molecule has 0 spiro atoms. The summed E-state index contributed by atoms with van der Waals surface area (Å²) < 4.78 is 44.1. The first kappa shape index (κ1) is 15.8. The molecule has 3 rings (SSSR count). The minimum Gasteiger partial charge on any atom is -0.334 e. The molecule has 0 radical (unpaired) electrons.